The van der Waals surface area contributed by atoms with Crippen molar-refractivity contribution >= 4 is 21.9 Å². The van der Waals surface area contributed by atoms with Crippen molar-refractivity contribution < 1.29 is 33.6 Å². The lowest BCUT2D eigenvalue weighted by molar-refractivity contribution is -0.154. The molecule has 7 nitrogen and oxygen atoms in total. The van der Waals surface area contributed by atoms with E-state index in [2.05, 4.69) is 15.9 Å². The van der Waals surface area contributed by atoms with E-state index in [1.54, 1.807) is 56.7 Å². The van der Waals surface area contributed by atoms with Gasteiger partial charge in [-0.2, -0.15) is 0 Å². The fraction of sp³-hybridized carbons (Fsp3) is 0.381. The molecule has 0 saturated heterocycles. The summed E-state index contributed by atoms with van der Waals surface area (Å²) >= 11 is 3.35. The van der Waals surface area contributed by atoms with Gasteiger partial charge in [0, 0.05) is 42.5 Å². The van der Waals surface area contributed by atoms with Crippen molar-refractivity contribution in [3.05, 3.63) is 52.5 Å². The first-order valence-electron chi connectivity index (χ1n) is 8.96. The van der Waals surface area contributed by atoms with Crippen LogP contribution in [0, 0.1) is 0 Å². The maximum Gasteiger partial charge on any atom is 0.352 e. The van der Waals surface area contributed by atoms with Gasteiger partial charge in [0.2, 0.25) is 5.60 Å². The van der Waals surface area contributed by atoms with Crippen LogP contribution in [0.4, 0.5) is 0 Å². The molecule has 1 N–H and O–H groups in total. The normalized spacial score (nSPS) is 12.8. The topological polar surface area (TPSA) is 83.5 Å². The number of hydrogen-bond donors (Lipinski definition) is 1. The van der Waals surface area contributed by atoms with E-state index in [0.29, 0.717) is 49.2 Å². The summed E-state index contributed by atoms with van der Waals surface area (Å²) in [7, 11) is 3.16. The van der Waals surface area contributed by atoms with Gasteiger partial charge in [0.25, 0.3) is 0 Å². The largest absolute Gasteiger partial charge is 0.491 e. The molecule has 0 aromatic heterocycles. The van der Waals surface area contributed by atoms with Crippen molar-refractivity contribution in [1.29, 1.82) is 0 Å². The fourth-order valence-corrected chi connectivity index (χ4v) is 2.75. The molecule has 0 fully saturated rings. The number of ether oxygens (including phenoxy) is 5. The Labute approximate surface area is 178 Å². The van der Waals surface area contributed by atoms with Crippen molar-refractivity contribution in [3.63, 3.8) is 0 Å². The predicted octanol–water partition coefficient (Wildman–Crippen LogP) is 3.88. The van der Waals surface area contributed by atoms with Crippen LogP contribution in [0.3, 0.4) is 0 Å². The smallest absolute Gasteiger partial charge is 0.352 e. The number of carboxylic acid groups (broad SMARTS) is 1. The van der Waals surface area contributed by atoms with Gasteiger partial charge in [0.1, 0.15) is 30.5 Å². The molecule has 0 spiro atoms. The summed E-state index contributed by atoms with van der Waals surface area (Å²) in [4.78, 5) is 12.1. The number of hydrogen-bond acceptors (Lipinski definition) is 6. The third-order valence-electron chi connectivity index (χ3n) is 4.09. The zero-order chi connectivity index (χ0) is 21.3. The second-order valence-electron chi connectivity index (χ2n) is 6.27. The quantitative estimate of drug-likeness (QED) is 0.473. The molecular formula is C21H25BrO7. The maximum absolute atomic E-state index is 12.1. The number of aliphatic carboxylic acids is 1. The van der Waals surface area contributed by atoms with Gasteiger partial charge in [-0.3, -0.25) is 0 Å². The SMILES string of the molecule is COCCOc1cc(OCCOC)cc(OC(C)(C(=O)O)c2ccc(Br)cc2)c1. The number of halogens is 1. The highest BCUT2D eigenvalue weighted by Crippen LogP contribution is 2.34. The van der Waals surface area contributed by atoms with E-state index in [4.69, 9.17) is 23.7 Å². The molecule has 1 atom stereocenters. The van der Waals surface area contributed by atoms with E-state index < -0.39 is 11.6 Å². The van der Waals surface area contributed by atoms with E-state index >= 15 is 0 Å². The summed E-state index contributed by atoms with van der Waals surface area (Å²) in [6.07, 6.45) is 0. The lowest BCUT2D eigenvalue weighted by atomic mass is 9.96. The summed E-state index contributed by atoms with van der Waals surface area (Å²) in [5, 5.41) is 9.87. The Morgan fingerprint density at radius 1 is 0.897 bits per heavy atom. The molecule has 158 valence electrons. The summed E-state index contributed by atoms with van der Waals surface area (Å²) in [6, 6.07) is 11.9. The number of methoxy groups -OCH3 is 2. The van der Waals surface area contributed by atoms with Crippen LogP contribution in [-0.4, -0.2) is 51.7 Å². The molecule has 2 rings (SSSR count). The van der Waals surface area contributed by atoms with Gasteiger partial charge >= 0.3 is 5.97 Å². The third kappa shape index (κ3) is 6.62. The molecule has 0 saturated carbocycles. The van der Waals surface area contributed by atoms with Crippen molar-refractivity contribution in [1.82, 2.24) is 0 Å². The van der Waals surface area contributed by atoms with Gasteiger partial charge in [-0.15, -0.1) is 0 Å². The maximum atomic E-state index is 12.1. The summed E-state index contributed by atoms with van der Waals surface area (Å²) in [6.45, 7) is 3.00. The van der Waals surface area contributed by atoms with E-state index in [1.165, 1.54) is 6.92 Å². The van der Waals surface area contributed by atoms with Crippen LogP contribution in [-0.2, 0) is 19.9 Å². The van der Waals surface area contributed by atoms with E-state index in [1.807, 2.05) is 0 Å². The van der Waals surface area contributed by atoms with Crippen molar-refractivity contribution in [2.45, 2.75) is 12.5 Å². The van der Waals surface area contributed by atoms with E-state index in [0.717, 1.165) is 4.47 Å². The van der Waals surface area contributed by atoms with Gasteiger partial charge < -0.3 is 28.8 Å². The summed E-state index contributed by atoms with van der Waals surface area (Å²) < 4.78 is 28.1. The highest BCUT2D eigenvalue weighted by molar-refractivity contribution is 9.10. The molecule has 0 aliphatic rings. The van der Waals surface area contributed by atoms with E-state index in [9.17, 15) is 9.90 Å². The Balaban J connectivity index is 2.32. The molecule has 1 unspecified atom stereocenters. The molecule has 29 heavy (non-hydrogen) atoms. The Kier molecular flexibility index (Phi) is 8.75. The van der Waals surface area contributed by atoms with Crippen LogP contribution in [0.5, 0.6) is 17.2 Å². The lowest BCUT2D eigenvalue weighted by Gasteiger charge is -2.27. The number of carboxylic acids is 1. The molecule has 0 bridgehead atoms. The monoisotopic (exact) mass is 468 g/mol. The molecule has 2 aromatic carbocycles. The van der Waals surface area contributed by atoms with Crippen molar-refractivity contribution in [2.75, 3.05) is 40.6 Å². The average Bonchev–Trinajstić information content (AvgIpc) is 2.68. The third-order valence-corrected chi connectivity index (χ3v) is 4.62. The first-order chi connectivity index (χ1) is 13.9. The van der Waals surface area contributed by atoms with Crippen LogP contribution in [0.2, 0.25) is 0 Å². The van der Waals surface area contributed by atoms with Crippen LogP contribution < -0.4 is 14.2 Å². The molecule has 0 aliphatic heterocycles. The molecular weight excluding hydrogens is 444 g/mol. The van der Waals surface area contributed by atoms with Crippen LogP contribution in [0.25, 0.3) is 0 Å². The minimum atomic E-state index is -1.60. The Hall–Kier alpha value is -2.29. The fourth-order valence-electron chi connectivity index (χ4n) is 2.49. The zero-order valence-corrected chi connectivity index (χ0v) is 18.2. The molecule has 0 radical (unpaired) electrons. The Morgan fingerprint density at radius 3 is 1.83 bits per heavy atom. The van der Waals surface area contributed by atoms with Gasteiger partial charge in [-0.05, 0) is 19.1 Å². The predicted molar refractivity (Wildman–Crippen MR) is 111 cm³/mol. The second-order valence-corrected chi connectivity index (χ2v) is 7.19. The highest BCUT2D eigenvalue weighted by atomic mass is 79.9. The lowest BCUT2D eigenvalue weighted by Crippen LogP contribution is -2.38. The van der Waals surface area contributed by atoms with Crippen molar-refractivity contribution in [2.24, 2.45) is 0 Å². The molecule has 0 heterocycles. The van der Waals surface area contributed by atoms with Crippen LogP contribution >= 0.6 is 15.9 Å². The minimum absolute atomic E-state index is 0.306. The minimum Gasteiger partial charge on any atom is -0.491 e. The molecule has 0 aliphatic carbocycles. The Morgan fingerprint density at radius 2 is 1.38 bits per heavy atom. The second kappa shape index (κ2) is 11.0. The standard InChI is InChI=1S/C21H25BrO7/c1-21(20(23)24,15-4-6-16(22)7-5-15)29-19-13-17(27-10-8-25-2)12-18(14-19)28-11-9-26-3/h4-7,12-14H,8-11H2,1-3H3,(H,23,24). The molecule has 8 heteroatoms. The first kappa shape index (κ1) is 23.0. The highest BCUT2D eigenvalue weighted by Gasteiger charge is 2.38. The van der Waals surface area contributed by atoms with Crippen molar-refractivity contribution in [3.8, 4) is 17.2 Å². The first-order valence-corrected chi connectivity index (χ1v) is 9.75. The van der Waals surface area contributed by atoms with Gasteiger partial charge in [-0.1, -0.05) is 28.1 Å². The molecule has 0 amide bonds. The zero-order valence-electron chi connectivity index (χ0n) is 16.6. The number of benzene rings is 2. The number of carbonyl (C=O) groups is 1. The van der Waals surface area contributed by atoms with Gasteiger partial charge in [0.15, 0.2) is 0 Å². The average molecular weight is 469 g/mol. The van der Waals surface area contributed by atoms with Crippen LogP contribution in [0.15, 0.2) is 46.9 Å². The van der Waals surface area contributed by atoms with E-state index in [-0.39, 0.29) is 0 Å². The Bertz CT molecular complexity index is 766. The molecule has 2 aromatic rings. The summed E-state index contributed by atoms with van der Waals surface area (Å²) in [5.74, 6) is 0.151. The van der Waals surface area contributed by atoms with Crippen LogP contribution in [0.1, 0.15) is 12.5 Å². The van der Waals surface area contributed by atoms with Gasteiger partial charge in [0.05, 0.1) is 13.2 Å². The number of rotatable bonds is 12. The van der Waals surface area contributed by atoms with Gasteiger partial charge in [-0.25, -0.2) is 4.79 Å². The summed E-state index contributed by atoms with van der Waals surface area (Å²) in [5.41, 5.74) is -1.10.